The number of nitrogens with zero attached hydrogens (tertiary/aromatic N) is 2. The Morgan fingerprint density at radius 3 is 2.65 bits per heavy atom. The maximum Gasteiger partial charge on any atom is 0.259 e. The highest BCUT2D eigenvalue weighted by Gasteiger charge is 2.17. The fraction of sp³-hybridized carbons (Fsp3) is 0.571. The molecule has 2 heterocycles. The summed E-state index contributed by atoms with van der Waals surface area (Å²) in [6, 6.07) is 0. The zero-order chi connectivity index (χ0) is 15.1. The maximum absolute atomic E-state index is 12.1. The largest absolute Gasteiger partial charge is 0.389 e. The Labute approximate surface area is 122 Å². The van der Waals surface area contributed by atoms with Crippen molar-refractivity contribution >= 4 is 21.6 Å². The Hall–Kier alpha value is -1.24. The molecule has 0 saturated heterocycles. The van der Waals surface area contributed by atoms with Crippen molar-refractivity contribution in [2.24, 2.45) is 0 Å². The van der Waals surface area contributed by atoms with Gasteiger partial charge in [0, 0.05) is 11.4 Å². The van der Waals surface area contributed by atoms with Crippen LogP contribution in [0.2, 0.25) is 0 Å². The molecule has 0 aliphatic heterocycles. The summed E-state index contributed by atoms with van der Waals surface area (Å²) in [6.45, 7) is 8.48. The van der Waals surface area contributed by atoms with E-state index in [-0.39, 0.29) is 5.56 Å². The van der Waals surface area contributed by atoms with E-state index in [1.54, 1.807) is 25.2 Å². The van der Waals surface area contributed by atoms with E-state index in [0.717, 1.165) is 15.3 Å². The second kappa shape index (κ2) is 5.27. The second-order valence-electron chi connectivity index (χ2n) is 5.96. The van der Waals surface area contributed by atoms with Crippen molar-refractivity contribution in [2.45, 2.75) is 39.8 Å². The fourth-order valence-electron chi connectivity index (χ4n) is 2.35. The Bertz CT molecular complexity index is 682. The first-order chi connectivity index (χ1) is 9.17. The summed E-state index contributed by atoms with van der Waals surface area (Å²) < 4.78 is 0. The van der Waals surface area contributed by atoms with Crippen LogP contribution in [-0.2, 0) is 6.54 Å². The van der Waals surface area contributed by atoms with E-state index < -0.39 is 5.60 Å². The number of hydrogen-bond donors (Lipinski definition) is 2. The number of fused-ring (bicyclic) bond motifs is 1. The molecule has 0 saturated carbocycles. The van der Waals surface area contributed by atoms with Crippen LogP contribution in [0.5, 0.6) is 0 Å². The third-order valence-electron chi connectivity index (χ3n) is 3.16. The standard InChI is InChI=1S/C14H21N3O2S/c1-8-9(2)20-13-11(8)12(18)15-10(16-13)6-17(5)7-14(3,4)19/h19H,6-7H2,1-5H3,(H,15,16,18). The fourth-order valence-corrected chi connectivity index (χ4v) is 3.40. The number of aryl methyl sites for hydroxylation is 2. The molecule has 0 atom stereocenters. The molecule has 6 heteroatoms. The average molecular weight is 295 g/mol. The summed E-state index contributed by atoms with van der Waals surface area (Å²) >= 11 is 1.55. The van der Waals surface area contributed by atoms with Crippen LogP contribution in [0.1, 0.15) is 30.1 Å². The Morgan fingerprint density at radius 2 is 2.05 bits per heavy atom. The number of nitrogens with one attached hydrogen (secondary N) is 1. The van der Waals surface area contributed by atoms with Gasteiger partial charge in [-0.05, 0) is 40.3 Å². The predicted octanol–water partition coefficient (Wildman–Crippen LogP) is 1.80. The number of hydrogen-bond acceptors (Lipinski definition) is 5. The molecule has 5 nitrogen and oxygen atoms in total. The van der Waals surface area contributed by atoms with Crippen LogP contribution in [0.15, 0.2) is 4.79 Å². The van der Waals surface area contributed by atoms with Crippen molar-refractivity contribution in [2.75, 3.05) is 13.6 Å². The van der Waals surface area contributed by atoms with Gasteiger partial charge in [-0.25, -0.2) is 4.98 Å². The van der Waals surface area contributed by atoms with E-state index in [9.17, 15) is 9.90 Å². The third-order valence-corrected chi connectivity index (χ3v) is 4.27. The minimum atomic E-state index is -0.769. The molecule has 0 aliphatic rings. The molecule has 0 aromatic carbocycles. The molecule has 2 N–H and O–H groups in total. The quantitative estimate of drug-likeness (QED) is 0.902. The number of H-pyrrole nitrogens is 1. The molecule has 2 aromatic heterocycles. The molecule has 2 rings (SSSR count). The highest BCUT2D eigenvalue weighted by Crippen LogP contribution is 2.25. The normalized spacial score (nSPS) is 12.6. The van der Waals surface area contributed by atoms with Crippen LogP contribution in [0.25, 0.3) is 10.2 Å². The first kappa shape index (κ1) is 15.2. The van der Waals surface area contributed by atoms with Crippen molar-refractivity contribution in [1.29, 1.82) is 0 Å². The Morgan fingerprint density at radius 1 is 1.40 bits per heavy atom. The van der Waals surface area contributed by atoms with E-state index in [1.165, 1.54) is 0 Å². The molecule has 0 spiro atoms. The van der Waals surface area contributed by atoms with Crippen LogP contribution in [0.3, 0.4) is 0 Å². The van der Waals surface area contributed by atoms with E-state index in [2.05, 4.69) is 9.97 Å². The number of thiophene rings is 1. The predicted molar refractivity (Wildman–Crippen MR) is 82.3 cm³/mol. The summed E-state index contributed by atoms with van der Waals surface area (Å²) in [5.74, 6) is 0.635. The van der Waals surface area contributed by atoms with Gasteiger partial charge in [0.2, 0.25) is 0 Å². The van der Waals surface area contributed by atoms with E-state index >= 15 is 0 Å². The third kappa shape index (κ3) is 3.26. The molecule has 0 fully saturated rings. The van der Waals surface area contributed by atoms with Crippen molar-refractivity contribution in [1.82, 2.24) is 14.9 Å². The van der Waals surface area contributed by atoms with Gasteiger partial charge in [-0.15, -0.1) is 11.3 Å². The molecule has 0 aliphatic carbocycles. The zero-order valence-corrected chi connectivity index (χ0v) is 13.4. The average Bonchev–Trinajstić information content (AvgIpc) is 2.51. The first-order valence-electron chi connectivity index (χ1n) is 6.57. The Kier molecular flexibility index (Phi) is 4.00. The SMILES string of the molecule is Cc1sc2nc(CN(C)CC(C)(C)O)[nH]c(=O)c2c1C. The molecular formula is C14H21N3O2S. The van der Waals surface area contributed by atoms with E-state index in [0.29, 0.717) is 24.3 Å². The second-order valence-corrected chi connectivity index (χ2v) is 7.16. The zero-order valence-electron chi connectivity index (χ0n) is 12.6. The summed E-state index contributed by atoms with van der Waals surface area (Å²) in [7, 11) is 1.90. The van der Waals surface area contributed by atoms with Gasteiger partial charge in [-0.1, -0.05) is 0 Å². The summed E-state index contributed by atoms with van der Waals surface area (Å²) in [4.78, 5) is 23.4. The molecule has 0 unspecified atom stereocenters. The van der Waals surface area contributed by atoms with Crippen molar-refractivity contribution in [3.8, 4) is 0 Å². The van der Waals surface area contributed by atoms with Gasteiger partial charge in [0.15, 0.2) is 0 Å². The lowest BCUT2D eigenvalue weighted by Gasteiger charge is -2.24. The minimum Gasteiger partial charge on any atom is -0.389 e. The van der Waals surface area contributed by atoms with Crippen LogP contribution in [-0.4, -0.2) is 39.2 Å². The van der Waals surface area contributed by atoms with Gasteiger partial charge in [0.25, 0.3) is 5.56 Å². The van der Waals surface area contributed by atoms with Gasteiger partial charge in [0.1, 0.15) is 10.7 Å². The van der Waals surface area contributed by atoms with E-state index in [1.807, 2.05) is 25.8 Å². The molecule has 0 amide bonds. The van der Waals surface area contributed by atoms with Gasteiger partial charge < -0.3 is 10.1 Å². The Balaban J connectivity index is 2.31. The summed E-state index contributed by atoms with van der Waals surface area (Å²) in [6.07, 6.45) is 0. The van der Waals surface area contributed by atoms with Crippen molar-refractivity contribution < 1.29 is 5.11 Å². The van der Waals surface area contributed by atoms with E-state index in [4.69, 9.17) is 0 Å². The number of rotatable bonds is 4. The number of aliphatic hydroxyl groups is 1. The molecule has 0 bridgehead atoms. The summed E-state index contributed by atoms with van der Waals surface area (Å²) in [5, 5.41) is 10.5. The minimum absolute atomic E-state index is 0.0801. The number of aromatic nitrogens is 2. The maximum atomic E-state index is 12.1. The highest BCUT2D eigenvalue weighted by molar-refractivity contribution is 7.18. The number of likely N-dealkylation sites (N-methyl/N-ethyl adjacent to an activating group) is 1. The van der Waals surface area contributed by atoms with Crippen LogP contribution in [0, 0.1) is 13.8 Å². The van der Waals surface area contributed by atoms with Crippen LogP contribution < -0.4 is 5.56 Å². The number of aromatic amines is 1. The monoisotopic (exact) mass is 295 g/mol. The van der Waals surface area contributed by atoms with Crippen molar-refractivity contribution in [3.05, 3.63) is 26.6 Å². The van der Waals surface area contributed by atoms with Crippen LogP contribution in [0.4, 0.5) is 0 Å². The summed E-state index contributed by atoms with van der Waals surface area (Å²) in [5.41, 5.74) is 0.161. The lowest BCUT2D eigenvalue weighted by Crippen LogP contribution is -2.36. The van der Waals surface area contributed by atoms with Crippen LogP contribution >= 0.6 is 11.3 Å². The van der Waals surface area contributed by atoms with Gasteiger partial charge >= 0.3 is 0 Å². The lowest BCUT2D eigenvalue weighted by molar-refractivity contribution is 0.0418. The van der Waals surface area contributed by atoms with Gasteiger partial charge in [-0.2, -0.15) is 0 Å². The highest BCUT2D eigenvalue weighted by atomic mass is 32.1. The topological polar surface area (TPSA) is 69.2 Å². The first-order valence-corrected chi connectivity index (χ1v) is 7.39. The molecule has 2 aromatic rings. The molecule has 0 radical (unpaired) electrons. The molecule has 20 heavy (non-hydrogen) atoms. The smallest absolute Gasteiger partial charge is 0.259 e. The van der Waals surface area contributed by atoms with Crippen molar-refractivity contribution in [3.63, 3.8) is 0 Å². The molecule has 110 valence electrons. The van der Waals surface area contributed by atoms with Gasteiger partial charge in [0.05, 0.1) is 17.5 Å². The van der Waals surface area contributed by atoms with Gasteiger partial charge in [-0.3, -0.25) is 9.69 Å². The lowest BCUT2D eigenvalue weighted by atomic mass is 10.1. The molecular weight excluding hydrogens is 274 g/mol.